The zero-order valence-corrected chi connectivity index (χ0v) is 10.2. The van der Waals surface area contributed by atoms with Crippen molar-refractivity contribution in [2.24, 2.45) is 5.92 Å². The normalized spacial score (nSPS) is 19.8. The van der Waals surface area contributed by atoms with E-state index in [1.165, 1.54) is 0 Å². The molecule has 0 saturated carbocycles. The summed E-state index contributed by atoms with van der Waals surface area (Å²) in [4.78, 5) is 24.1. The van der Waals surface area contributed by atoms with Crippen LogP contribution in [0.1, 0.15) is 26.2 Å². The number of amides is 2. The predicted molar refractivity (Wildman–Crippen MR) is 64.8 cm³/mol. The van der Waals surface area contributed by atoms with Crippen LogP contribution in [0.15, 0.2) is 12.2 Å². The lowest BCUT2D eigenvalue weighted by Crippen LogP contribution is -2.46. The number of carboxylic acid groups (broad SMARTS) is 1. The maximum Gasteiger partial charge on any atom is 0.317 e. The molecule has 0 aromatic heterocycles. The second-order valence-corrected chi connectivity index (χ2v) is 4.67. The zero-order valence-electron chi connectivity index (χ0n) is 10.2. The third-order valence-corrected chi connectivity index (χ3v) is 2.81. The first kappa shape index (κ1) is 13.5. The van der Waals surface area contributed by atoms with Gasteiger partial charge in [0.25, 0.3) is 0 Å². The molecule has 1 rings (SSSR count). The Hall–Kier alpha value is -1.52. The average Bonchev–Trinajstić information content (AvgIpc) is 2.25. The van der Waals surface area contributed by atoms with E-state index in [4.69, 9.17) is 5.11 Å². The molecule has 1 aliphatic rings. The molecule has 0 bridgehead atoms. The lowest BCUT2D eigenvalue weighted by molar-refractivity contribution is -0.138. The molecule has 0 spiro atoms. The minimum atomic E-state index is -0.792. The maximum absolute atomic E-state index is 11.8. The highest BCUT2D eigenvalue weighted by Crippen LogP contribution is 2.19. The van der Waals surface area contributed by atoms with E-state index in [1.54, 1.807) is 4.90 Å². The zero-order chi connectivity index (χ0) is 12.8. The van der Waals surface area contributed by atoms with Gasteiger partial charge >= 0.3 is 12.0 Å². The second kappa shape index (κ2) is 6.27. The van der Waals surface area contributed by atoms with Crippen molar-refractivity contribution in [2.45, 2.75) is 26.2 Å². The Morgan fingerprint density at radius 2 is 2.24 bits per heavy atom. The summed E-state index contributed by atoms with van der Waals surface area (Å²) in [5.41, 5.74) is 0.900. The van der Waals surface area contributed by atoms with Gasteiger partial charge in [0.2, 0.25) is 0 Å². The molecule has 2 amide bonds. The number of carbonyl (C=O) groups excluding carboxylic acids is 1. The van der Waals surface area contributed by atoms with Crippen LogP contribution in [0, 0.1) is 5.92 Å². The average molecular weight is 240 g/mol. The highest BCUT2D eigenvalue weighted by Gasteiger charge is 2.24. The number of piperidine rings is 1. The highest BCUT2D eigenvalue weighted by atomic mass is 16.4. The van der Waals surface area contributed by atoms with Crippen molar-refractivity contribution in [3.05, 3.63) is 12.2 Å². The third-order valence-electron chi connectivity index (χ3n) is 2.81. The van der Waals surface area contributed by atoms with Gasteiger partial charge in [-0.15, -0.1) is 0 Å². The van der Waals surface area contributed by atoms with Crippen LogP contribution in [0.3, 0.4) is 0 Å². The molecule has 1 fully saturated rings. The fraction of sp³-hybridized carbons (Fsp3) is 0.667. The summed E-state index contributed by atoms with van der Waals surface area (Å²) in [6.07, 6.45) is 1.90. The number of aliphatic carboxylic acids is 1. The Bertz CT molecular complexity index is 315. The van der Waals surface area contributed by atoms with Gasteiger partial charge in [-0.2, -0.15) is 0 Å². The molecule has 0 radical (unpaired) electrons. The number of nitrogens with zero attached hydrogens (tertiary/aromatic N) is 1. The van der Waals surface area contributed by atoms with Gasteiger partial charge in [0.1, 0.15) is 0 Å². The van der Waals surface area contributed by atoms with Crippen molar-refractivity contribution in [2.75, 3.05) is 19.6 Å². The monoisotopic (exact) mass is 240 g/mol. The number of urea groups is 1. The van der Waals surface area contributed by atoms with Gasteiger partial charge in [0.05, 0.1) is 0 Å². The molecule has 0 aromatic rings. The number of rotatable bonds is 4. The largest absolute Gasteiger partial charge is 0.481 e. The first-order valence-electron chi connectivity index (χ1n) is 5.88. The van der Waals surface area contributed by atoms with Gasteiger partial charge < -0.3 is 15.3 Å². The maximum atomic E-state index is 11.8. The van der Waals surface area contributed by atoms with Crippen LogP contribution in [0.4, 0.5) is 4.79 Å². The van der Waals surface area contributed by atoms with E-state index in [1.807, 2.05) is 6.92 Å². The SMILES string of the molecule is C=C(C)CNC(=O)N1CCCC(CC(=O)O)C1. The van der Waals surface area contributed by atoms with Crippen LogP contribution in [0.2, 0.25) is 0 Å². The van der Waals surface area contributed by atoms with Gasteiger partial charge in [-0.1, -0.05) is 12.2 Å². The van der Waals surface area contributed by atoms with Crippen molar-refractivity contribution in [1.29, 1.82) is 0 Å². The third kappa shape index (κ3) is 4.89. The molecule has 0 aliphatic carbocycles. The molecule has 2 N–H and O–H groups in total. The van der Waals surface area contributed by atoms with Crippen molar-refractivity contribution < 1.29 is 14.7 Å². The fourth-order valence-electron chi connectivity index (χ4n) is 2.00. The van der Waals surface area contributed by atoms with E-state index in [0.717, 1.165) is 18.4 Å². The summed E-state index contributed by atoms with van der Waals surface area (Å²) < 4.78 is 0. The molecule has 1 aliphatic heterocycles. The van der Waals surface area contributed by atoms with E-state index >= 15 is 0 Å². The topological polar surface area (TPSA) is 69.6 Å². The van der Waals surface area contributed by atoms with Crippen LogP contribution in [-0.2, 0) is 4.79 Å². The van der Waals surface area contributed by atoms with Gasteiger partial charge in [0, 0.05) is 26.1 Å². The number of carboxylic acids is 1. The van der Waals surface area contributed by atoms with Crippen molar-refractivity contribution in [1.82, 2.24) is 10.2 Å². The molecular weight excluding hydrogens is 220 g/mol. The first-order chi connectivity index (χ1) is 7.99. The molecule has 96 valence electrons. The molecule has 17 heavy (non-hydrogen) atoms. The summed E-state index contributed by atoms with van der Waals surface area (Å²) in [6, 6.07) is -0.122. The Morgan fingerprint density at radius 1 is 1.53 bits per heavy atom. The lowest BCUT2D eigenvalue weighted by atomic mass is 9.95. The molecule has 5 nitrogen and oxygen atoms in total. The van der Waals surface area contributed by atoms with Crippen molar-refractivity contribution in [3.63, 3.8) is 0 Å². The standard InChI is InChI=1S/C12H20N2O3/c1-9(2)7-13-12(17)14-5-3-4-10(8-14)6-11(15)16/h10H,1,3-8H2,2H3,(H,13,17)(H,15,16). The molecule has 1 atom stereocenters. The van der Waals surface area contributed by atoms with Crippen LogP contribution in [0.25, 0.3) is 0 Å². The summed E-state index contributed by atoms with van der Waals surface area (Å²) >= 11 is 0. The number of carbonyl (C=O) groups is 2. The number of likely N-dealkylation sites (tertiary alicyclic amines) is 1. The van der Waals surface area contributed by atoms with Crippen molar-refractivity contribution in [3.8, 4) is 0 Å². The van der Waals surface area contributed by atoms with Crippen LogP contribution in [0.5, 0.6) is 0 Å². The minimum absolute atomic E-state index is 0.0804. The van der Waals surface area contributed by atoms with Crippen LogP contribution < -0.4 is 5.32 Å². The summed E-state index contributed by atoms with van der Waals surface area (Å²) in [6.45, 7) is 7.28. The lowest BCUT2D eigenvalue weighted by Gasteiger charge is -2.32. The minimum Gasteiger partial charge on any atom is -0.481 e. The number of hydrogen-bond acceptors (Lipinski definition) is 2. The van der Waals surface area contributed by atoms with E-state index < -0.39 is 5.97 Å². The molecule has 5 heteroatoms. The Kier molecular flexibility index (Phi) is 5.00. The number of hydrogen-bond donors (Lipinski definition) is 2. The van der Waals surface area contributed by atoms with E-state index in [9.17, 15) is 9.59 Å². The summed E-state index contributed by atoms with van der Waals surface area (Å²) in [5.74, 6) is -0.712. The molecular formula is C12H20N2O3. The van der Waals surface area contributed by atoms with E-state index in [2.05, 4.69) is 11.9 Å². The Balaban J connectivity index is 2.40. The van der Waals surface area contributed by atoms with Gasteiger partial charge in [-0.3, -0.25) is 4.79 Å². The highest BCUT2D eigenvalue weighted by molar-refractivity contribution is 5.74. The second-order valence-electron chi connectivity index (χ2n) is 4.67. The van der Waals surface area contributed by atoms with Crippen LogP contribution in [-0.4, -0.2) is 41.6 Å². The first-order valence-corrected chi connectivity index (χ1v) is 5.88. The van der Waals surface area contributed by atoms with Crippen molar-refractivity contribution >= 4 is 12.0 Å². The fourth-order valence-corrected chi connectivity index (χ4v) is 2.00. The summed E-state index contributed by atoms with van der Waals surface area (Å²) in [7, 11) is 0. The van der Waals surface area contributed by atoms with E-state index in [0.29, 0.717) is 19.6 Å². The summed E-state index contributed by atoms with van der Waals surface area (Å²) in [5, 5.41) is 11.5. The number of nitrogens with one attached hydrogen (secondary N) is 1. The molecule has 1 heterocycles. The molecule has 1 unspecified atom stereocenters. The van der Waals surface area contributed by atoms with Crippen LogP contribution >= 0.6 is 0 Å². The molecule has 0 aromatic carbocycles. The quantitative estimate of drug-likeness (QED) is 0.731. The van der Waals surface area contributed by atoms with Gasteiger partial charge in [-0.25, -0.2) is 4.79 Å². The van der Waals surface area contributed by atoms with Gasteiger partial charge in [0.15, 0.2) is 0 Å². The molecule has 1 saturated heterocycles. The Labute approximate surface area is 101 Å². The predicted octanol–water partition coefficient (Wildman–Crippen LogP) is 1.46. The smallest absolute Gasteiger partial charge is 0.317 e. The van der Waals surface area contributed by atoms with Gasteiger partial charge in [-0.05, 0) is 25.7 Å². The van der Waals surface area contributed by atoms with E-state index in [-0.39, 0.29) is 18.4 Å². The Morgan fingerprint density at radius 3 is 2.82 bits per heavy atom.